The van der Waals surface area contributed by atoms with Gasteiger partial charge in [0.15, 0.2) is 0 Å². The van der Waals surface area contributed by atoms with Gasteiger partial charge in [0.05, 0.1) is 28.8 Å². The molecule has 1 fully saturated rings. The van der Waals surface area contributed by atoms with Crippen LogP contribution in [-0.2, 0) is 9.59 Å². The van der Waals surface area contributed by atoms with Gasteiger partial charge in [-0.2, -0.15) is 0 Å². The summed E-state index contributed by atoms with van der Waals surface area (Å²) in [6.07, 6.45) is 0.00407. The first kappa shape index (κ1) is 16.0. The summed E-state index contributed by atoms with van der Waals surface area (Å²) < 4.78 is 0. The monoisotopic (exact) mass is 326 g/mol. The van der Waals surface area contributed by atoms with Gasteiger partial charge in [-0.15, -0.1) is 0 Å². The minimum absolute atomic E-state index is 0.00407. The Hall–Kier alpha value is -2.83. The second kappa shape index (κ2) is 5.99. The molecule has 1 aromatic carbocycles. The predicted molar refractivity (Wildman–Crippen MR) is 87.3 cm³/mol. The lowest BCUT2D eigenvalue weighted by Crippen LogP contribution is -2.44. The number of nitrogens with one attached hydrogen (secondary N) is 1. The molecule has 2 heterocycles. The largest absolute Gasteiger partial charge is 0.326 e. The van der Waals surface area contributed by atoms with Crippen molar-refractivity contribution in [2.45, 2.75) is 33.2 Å². The molecule has 2 aromatic rings. The van der Waals surface area contributed by atoms with E-state index < -0.39 is 11.9 Å². The SMILES string of the molecule is CCN(C(=O)c1ccc2nc(C)c(C)nc2c1)[C@H]1CC(=O)NC1=O. The summed E-state index contributed by atoms with van der Waals surface area (Å²) in [4.78, 5) is 46.4. The lowest BCUT2D eigenvalue weighted by Gasteiger charge is -2.25. The van der Waals surface area contributed by atoms with E-state index in [1.807, 2.05) is 13.8 Å². The van der Waals surface area contributed by atoms with Gasteiger partial charge in [0.2, 0.25) is 11.8 Å². The highest BCUT2D eigenvalue weighted by atomic mass is 16.2. The molecule has 7 heteroatoms. The third-order valence-electron chi connectivity index (χ3n) is 4.24. The second-order valence-electron chi connectivity index (χ2n) is 5.82. The normalized spacial score (nSPS) is 17.2. The Morgan fingerprint density at radius 2 is 1.88 bits per heavy atom. The molecule has 7 nitrogen and oxygen atoms in total. The third kappa shape index (κ3) is 2.73. The summed E-state index contributed by atoms with van der Waals surface area (Å²) in [5, 5.41) is 2.24. The summed E-state index contributed by atoms with van der Waals surface area (Å²) in [5.41, 5.74) is 3.42. The number of hydrogen-bond donors (Lipinski definition) is 1. The van der Waals surface area contributed by atoms with E-state index in [1.165, 1.54) is 4.90 Å². The zero-order valence-corrected chi connectivity index (χ0v) is 13.8. The first-order valence-corrected chi connectivity index (χ1v) is 7.80. The first-order chi connectivity index (χ1) is 11.4. The van der Waals surface area contributed by atoms with E-state index in [4.69, 9.17) is 0 Å². The zero-order chi connectivity index (χ0) is 17.4. The number of aromatic nitrogens is 2. The quantitative estimate of drug-likeness (QED) is 0.854. The smallest absolute Gasteiger partial charge is 0.254 e. The molecule has 124 valence electrons. The van der Waals surface area contributed by atoms with Crippen LogP contribution in [0.5, 0.6) is 0 Å². The summed E-state index contributed by atoms with van der Waals surface area (Å²) in [7, 11) is 0. The Morgan fingerprint density at radius 1 is 1.21 bits per heavy atom. The Labute approximate surface area is 139 Å². The van der Waals surface area contributed by atoms with Crippen molar-refractivity contribution in [1.29, 1.82) is 0 Å². The average Bonchev–Trinajstić information content (AvgIpc) is 2.87. The van der Waals surface area contributed by atoms with E-state index in [-0.39, 0.29) is 18.2 Å². The summed E-state index contributed by atoms with van der Waals surface area (Å²) in [6.45, 7) is 5.86. The highest BCUT2D eigenvalue weighted by molar-refractivity contribution is 6.08. The van der Waals surface area contributed by atoms with Gasteiger partial charge in [0.25, 0.3) is 5.91 Å². The number of likely N-dealkylation sites (N-methyl/N-ethyl adjacent to an activating group) is 1. The van der Waals surface area contributed by atoms with Gasteiger partial charge in [0, 0.05) is 12.1 Å². The van der Waals surface area contributed by atoms with Gasteiger partial charge < -0.3 is 4.90 Å². The van der Waals surface area contributed by atoms with Crippen molar-refractivity contribution in [3.63, 3.8) is 0 Å². The average molecular weight is 326 g/mol. The van der Waals surface area contributed by atoms with Crippen molar-refractivity contribution in [3.05, 3.63) is 35.2 Å². The number of imide groups is 1. The van der Waals surface area contributed by atoms with E-state index in [1.54, 1.807) is 25.1 Å². The van der Waals surface area contributed by atoms with E-state index in [0.29, 0.717) is 23.1 Å². The van der Waals surface area contributed by atoms with Gasteiger partial charge in [-0.3, -0.25) is 19.7 Å². The van der Waals surface area contributed by atoms with Crippen molar-refractivity contribution in [3.8, 4) is 0 Å². The molecule has 1 N–H and O–H groups in total. The standard InChI is InChI=1S/C17H18N4O3/c1-4-21(14-8-15(22)20-16(14)23)17(24)11-5-6-12-13(7-11)19-10(3)9(2)18-12/h5-7,14H,4,8H2,1-3H3,(H,20,22,23)/t14-/m0/s1. The van der Waals surface area contributed by atoms with Crippen molar-refractivity contribution in [2.75, 3.05) is 6.54 Å². The number of nitrogens with zero attached hydrogens (tertiary/aromatic N) is 3. The van der Waals surface area contributed by atoms with Crippen LogP contribution in [0.3, 0.4) is 0 Å². The van der Waals surface area contributed by atoms with Crippen LogP contribution in [0.4, 0.5) is 0 Å². The van der Waals surface area contributed by atoms with Gasteiger partial charge in [-0.05, 0) is 39.0 Å². The fraction of sp³-hybridized carbons (Fsp3) is 0.353. The molecular weight excluding hydrogens is 308 g/mol. The summed E-state index contributed by atoms with van der Waals surface area (Å²) >= 11 is 0. The Bertz CT molecular complexity index is 862. The number of carbonyl (C=O) groups excluding carboxylic acids is 3. The van der Waals surface area contributed by atoms with Gasteiger partial charge in [0.1, 0.15) is 6.04 Å². The molecule has 1 aliphatic rings. The van der Waals surface area contributed by atoms with E-state index in [0.717, 1.165) is 11.4 Å². The maximum Gasteiger partial charge on any atom is 0.254 e. The van der Waals surface area contributed by atoms with Gasteiger partial charge >= 0.3 is 0 Å². The molecule has 0 spiro atoms. The molecule has 0 saturated carbocycles. The van der Waals surface area contributed by atoms with Crippen LogP contribution in [-0.4, -0.2) is 45.2 Å². The molecule has 0 aliphatic carbocycles. The fourth-order valence-electron chi connectivity index (χ4n) is 2.83. The Morgan fingerprint density at radius 3 is 2.46 bits per heavy atom. The van der Waals surface area contributed by atoms with Crippen LogP contribution in [0.15, 0.2) is 18.2 Å². The van der Waals surface area contributed by atoms with Crippen molar-refractivity contribution < 1.29 is 14.4 Å². The minimum Gasteiger partial charge on any atom is -0.326 e. The third-order valence-corrected chi connectivity index (χ3v) is 4.24. The highest BCUT2D eigenvalue weighted by Crippen LogP contribution is 2.19. The number of fused-ring (bicyclic) bond motifs is 1. The van der Waals surface area contributed by atoms with Gasteiger partial charge in [-0.1, -0.05) is 0 Å². The van der Waals surface area contributed by atoms with Crippen molar-refractivity contribution in [2.24, 2.45) is 0 Å². The number of rotatable bonds is 3. The Balaban J connectivity index is 1.96. The molecule has 0 bridgehead atoms. The Kier molecular flexibility index (Phi) is 4.01. The molecular formula is C17H18N4O3. The number of aryl methyl sites for hydroxylation is 2. The van der Waals surface area contributed by atoms with Crippen molar-refractivity contribution >= 4 is 28.8 Å². The van der Waals surface area contributed by atoms with Crippen LogP contribution in [0, 0.1) is 13.8 Å². The number of hydrogen-bond acceptors (Lipinski definition) is 5. The fourth-order valence-corrected chi connectivity index (χ4v) is 2.83. The molecule has 1 aliphatic heterocycles. The number of benzene rings is 1. The molecule has 3 rings (SSSR count). The van der Waals surface area contributed by atoms with Crippen LogP contribution >= 0.6 is 0 Å². The molecule has 24 heavy (non-hydrogen) atoms. The van der Waals surface area contributed by atoms with E-state index in [9.17, 15) is 14.4 Å². The highest BCUT2D eigenvalue weighted by Gasteiger charge is 2.37. The maximum absolute atomic E-state index is 12.8. The van der Waals surface area contributed by atoms with Gasteiger partial charge in [-0.25, -0.2) is 9.97 Å². The molecule has 1 atom stereocenters. The topological polar surface area (TPSA) is 92.3 Å². The minimum atomic E-state index is -0.753. The van der Waals surface area contributed by atoms with Crippen LogP contribution in [0.2, 0.25) is 0 Å². The van der Waals surface area contributed by atoms with Crippen molar-refractivity contribution in [1.82, 2.24) is 20.2 Å². The summed E-state index contributed by atoms with van der Waals surface area (Å²) in [6, 6.07) is 4.34. The van der Waals surface area contributed by atoms with E-state index >= 15 is 0 Å². The second-order valence-corrected chi connectivity index (χ2v) is 5.82. The lowest BCUT2D eigenvalue weighted by atomic mass is 10.1. The maximum atomic E-state index is 12.8. The van der Waals surface area contributed by atoms with Crippen LogP contribution in [0.25, 0.3) is 11.0 Å². The molecule has 3 amide bonds. The summed E-state index contributed by atoms with van der Waals surface area (Å²) in [5.74, 6) is -1.08. The molecule has 1 saturated heterocycles. The van der Waals surface area contributed by atoms with Crippen LogP contribution < -0.4 is 5.32 Å². The molecule has 1 aromatic heterocycles. The predicted octanol–water partition coefficient (Wildman–Crippen LogP) is 1.12. The zero-order valence-electron chi connectivity index (χ0n) is 13.8. The number of carbonyl (C=O) groups is 3. The molecule has 0 unspecified atom stereocenters. The number of amides is 3. The van der Waals surface area contributed by atoms with E-state index in [2.05, 4.69) is 15.3 Å². The first-order valence-electron chi connectivity index (χ1n) is 7.80. The lowest BCUT2D eigenvalue weighted by molar-refractivity contribution is -0.126. The van der Waals surface area contributed by atoms with Crippen LogP contribution in [0.1, 0.15) is 35.1 Å². The molecule has 0 radical (unpaired) electrons.